The van der Waals surface area contributed by atoms with E-state index in [9.17, 15) is 13.2 Å². The van der Waals surface area contributed by atoms with Crippen LogP contribution in [0.4, 0.5) is 0 Å². The molecule has 0 aliphatic carbocycles. The smallest absolute Gasteiger partial charge is 0.251 e. The zero-order chi connectivity index (χ0) is 15.6. The van der Waals surface area contributed by atoms with E-state index in [4.69, 9.17) is 9.88 Å². The fourth-order valence-corrected chi connectivity index (χ4v) is 3.24. The molecule has 1 aromatic rings. The van der Waals surface area contributed by atoms with Gasteiger partial charge in [-0.25, -0.2) is 13.6 Å². The van der Waals surface area contributed by atoms with Crippen molar-refractivity contribution in [1.29, 1.82) is 0 Å². The Labute approximate surface area is 124 Å². The van der Waals surface area contributed by atoms with Gasteiger partial charge in [-0.15, -0.1) is 0 Å². The zero-order valence-corrected chi connectivity index (χ0v) is 12.9. The summed E-state index contributed by atoms with van der Waals surface area (Å²) < 4.78 is 28.5. The van der Waals surface area contributed by atoms with E-state index in [1.807, 2.05) is 6.92 Å². The minimum atomic E-state index is -3.84. The van der Waals surface area contributed by atoms with Crippen LogP contribution in [0.3, 0.4) is 0 Å². The number of hydrogen-bond donors (Lipinski definition) is 2. The summed E-state index contributed by atoms with van der Waals surface area (Å²) in [7, 11) is -3.84. The van der Waals surface area contributed by atoms with Crippen LogP contribution in [-0.2, 0) is 14.8 Å². The van der Waals surface area contributed by atoms with Crippen LogP contribution in [0.15, 0.2) is 23.1 Å². The first-order chi connectivity index (χ1) is 9.79. The van der Waals surface area contributed by atoms with Crippen molar-refractivity contribution in [3.63, 3.8) is 0 Å². The van der Waals surface area contributed by atoms with Crippen LogP contribution >= 0.6 is 0 Å². The monoisotopic (exact) mass is 312 g/mol. The van der Waals surface area contributed by atoms with Crippen LogP contribution < -0.4 is 10.5 Å². The maximum atomic E-state index is 12.2. The lowest BCUT2D eigenvalue weighted by Gasteiger charge is -2.20. The van der Waals surface area contributed by atoms with Gasteiger partial charge >= 0.3 is 0 Å². The van der Waals surface area contributed by atoms with Gasteiger partial charge < -0.3 is 10.1 Å². The number of sulfonamides is 1. The first kappa shape index (κ1) is 15.9. The molecular weight excluding hydrogens is 292 g/mol. The Morgan fingerprint density at radius 3 is 2.76 bits per heavy atom. The second-order valence-corrected chi connectivity index (χ2v) is 6.87. The van der Waals surface area contributed by atoms with Crippen molar-refractivity contribution in [3.8, 4) is 0 Å². The molecule has 2 atom stereocenters. The van der Waals surface area contributed by atoms with Crippen LogP contribution in [0.1, 0.15) is 35.7 Å². The van der Waals surface area contributed by atoms with Crippen molar-refractivity contribution in [2.75, 3.05) is 6.61 Å². The topological polar surface area (TPSA) is 98.5 Å². The van der Waals surface area contributed by atoms with Gasteiger partial charge in [-0.1, -0.05) is 6.07 Å². The molecule has 0 aromatic heterocycles. The van der Waals surface area contributed by atoms with E-state index in [2.05, 4.69) is 5.32 Å². The van der Waals surface area contributed by atoms with Crippen LogP contribution in [-0.4, -0.2) is 33.1 Å². The Morgan fingerprint density at radius 1 is 1.48 bits per heavy atom. The largest absolute Gasteiger partial charge is 0.376 e. The van der Waals surface area contributed by atoms with Gasteiger partial charge in [0.25, 0.3) is 5.91 Å². The van der Waals surface area contributed by atoms with Crippen molar-refractivity contribution in [1.82, 2.24) is 5.32 Å². The Bertz CT molecular complexity index is 636. The zero-order valence-electron chi connectivity index (χ0n) is 12.1. The molecule has 116 valence electrons. The van der Waals surface area contributed by atoms with Crippen molar-refractivity contribution in [2.45, 2.75) is 43.7 Å². The molecule has 1 aromatic carbocycles. The molecule has 3 N–H and O–H groups in total. The van der Waals surface area contributed by atoms with Crippen LogP contribution in [0.5, 0.6) is 0 Å². The average Bonchev–Trinajstić information content (AvgIpc) is 2.91. The van der Waals surface area contributed by atoms with Crippen molar-refractivity contribution in [2.24, 2.45) is 5.14 Å². The van der Waals surface area contributed by atoms with Crippen LogP contribution in [0.2, 0.25) is 0 Å². The third-order valence-corrected chi connectivity index (χ3v) is 4.69. The molecule has 0 spiro atoms. The number of benzene rings is 1. The molecule has 2 unspecified atom stereocenters. The summed E-state index contributed by atoms with van der Waals surface area (Å²) in [6.07, 6.45) is 1.92. The van der Waals surface area contributed by atoms with E-state index in [1.165, 1.54) is 6.07 Å². The highest BCUT2D eigenvalue weighted by molar-refractivity contribution is 7.89. The summed E-state index contributed by atoms with van der Waals surface area (Å²) in [6, 6.07) is 4.34. The molecular formula is C14H20N2O4S. The Kier molecular flexibility index (Phi) is 4.65. The van der Waals surface area contributed by atoms with Gasteiger partial charge in [0.1, 0.15) is 0 Å². The van der Waals surface area contributed by atoms with E-state index in [0.717, 1.165) is 12.8 Å². The summed E-state index contributed by atoms with van der Waals surface area (Å²) in [5.41, 5.74) is 0.788. The third kappa shape index (κ3) is 3.81. The Hall–Kier alpha value is -1.44. The fraction of sp³-hybridized carbons (Fsp3) is 0.500. The molecule has 1 amide bonds. The third-order valence-electron chi connectivity index (χ3n) is 3.64. The normalized spacial score (nSPS) is 20.2. The molecule has 1 heterocycles. The van der Waals surface area contributed by atoms with Gasteiger partial charge in [0.2, 0.25) is 10.0 Å². The molecule has 7 heteroatoms. The summed E-state index contributed by atoms with van der Waals surface area (Å²) in [5.74, 6) is -0.331. The lowest BCUT2D eigenvalue weighted by Crippen LogP contribution is -2.40. The number of nitrogens with two attached hydrogens (primary N) is 1. The minimum Gasteiger partial charge on any atom is -0.376 e. The van der Waals surface area contributed by atoms with Crippen molar-refractivity contribution >= 4 is 15.9 Å². The number of carbonyl (C=O) groups is 1. The minimum absolute atomic E-state index is 0.0112. The molecule has 6 nitrogen and oxygen atoms in total. The predicted molar refractivity (Wildman–Crippen MR) is 78.5 cm³/mol. The molecule has 0 radical (unpaired) electrons. The average molecular weight is 312 g/mol. The van der Waals surface area contributed by atoms with E-state index >= 15 is 0 Å². The van der Waals surface area contributed by atoms with Crippen molar-refractivity contribution in [3.05, 3.63) is 29.3 Å². The van der Waals surface area contributed by atoms with E-state index in [-0.39, 0.29) is 28.5 Å². The number of rotatable bonds is 4. The van der Waals surface area contributed by atoms with E-state index in [1.54, 1.807) is 19.1 Å². The number of primary sulfonamides is 1. The molecule has 2 rings (SSSR count). The molecule has 0 saturated carbocycles. The maximum Gasteiger partial charge on any atom is 0.251 e. The number of carbonyl (C=O) groups excluding carboxylic acids is 1. The summed E-state index contributed by atoms with van der Waals surface area (Å²) in [5, 5.41) is 7.98. The first-order valence-corrected chi connectivity index (χ1v) is 8.39. The molecule has 1 aliphatic rings. The van der Waals surface area contributed by atoms with Gasteiger partial charge in [-0.3, -0.25) is 4.79 Å². The maximum absolute atomic E-state index is 12.2. The second-order valence-electron chi connectivity index (χ2n) is 5.34. The Morgan fingerprint density at radius 2 is 2.19 bits per heavy atom. The van der Waals surface area contributed by atoms with Gasteiger partial charge in [0, 0.05) is 12.2 Å². The highest BCUT2D eigenvalue weighted by atomic mass is 32.2. The second kappa shape index (κ2) is 6.13. The number of ether oxygens (including phenoxy) is 1. The number of nitrogens with one attached hydrogen (secondary N) is 1. The molecule has 1 saturated heterocycles. The predicted octanol–water partition coefficient (Wildman–Crippen LogP) is 0.940. The molecule has 1 aliphatic heterocycles. The molecule has 21 heavy (non-hydrogen) atoms. The number of amides is 1. The summed E-state index contributed by atoms with van der Waals surface area (Å²) >= 11 is 0. The first-order valence-electron chi connectivity index (χ1n) is 6.85. The standard InChI is InChI=1S/C14H20N2O4S/c1-9-5-6-11(8-13(9)21(15,18)19)14(17)16-10(2)12-4-3-7-20-12/h5-6,8,10,12H,3-4,7H2,1-2H3,(H,16,17)(H2,15,18,19). The van der Waals surface area contributed by atoms with Crippen molar-refractivity contribution < 1.29 is 17.9 Å². The SMILES string of the molecule is Cc1ccc(C(=O)NC(C)C2CCCO2)cc1S(N)(=O)=O. The van der Waals surface area contributed by atoms with Gasteiger partial charge in [0.15, 0.2) is 0 Å². The lowest BCUT2D eigenvalue weighted by atomic mass is 10.1. The quantitative estimate of drug-likeness (QED) is 0.864. The number of hydrogen-bond acceptors (Lipinski definition) is 4. The molecule has 0 bridgehead atoms. The van der Waals surface area contributed by atoms with E-state index < -0.39 is 10.0 Å². The number of aryl methyl sites for hydroxylation is 1. The Balaban J connectivity index is 2.16. The van der Waals surface area contributed by atoms with Gasteiger partial charge in [-0.2, -0.15) is 0 Å². The van der Waals surface area contributed by atoms with Gasteiger partial charge in [0.05, 0.1) is 17.0 Å². The lowest BCUT2D eigenvalue weighted by molar-refractivity contribution is 0.0712. The van der Waals surface area contributed by atoms with Crippen LogP contribution in [0, 0.1) is 6.92 Å². The summed E-state index contributed by atoms with van der Waals surface area (Å²) in [4.78, 5) is 12.2. The highest BCUT2D eigenvalue weighted by Crippen LogP contribution is 2.18. The molecule has 1 fully saturated rings. The summed E-state index contributed by atoms with van der Waals surface area (Å²) in [6.45, 7) is 4.23. The van der Waals surface area contributed by atoms with E-state index in [0.29, 0.717) is 12.2 Å². The highest BCUT2D eigenvalue weighted by Gasteiger charge is 2.24. The van der Waals surface area contributed by atoms with Gasteiger partial charge in [-0.05, 0) is 44.4 Å². The fourth-order valence-electron chi connectivity index (χ4n) is 2.43. The van der Waals surface area contributed by atoms with Crippen LogP contribution in [0.25, 0.3) is 0 Å².